The molecule has 0 radical (unpaired) electrons. The van der Waals surface area contributed by atoms with E-state index in [1.807, 2.05) is 0 Å². The molecule has 0 fully saturated rings. The van der Waals surface area contributed by atoms with Gasteiger partial charge in [0, 0.05) is 13.0 Å². The topological polar surface area (TPSA) is 3.88 Å². The molecule has 0 aliphatic rings. The molecule has 0 N–H and O–H groups in total. The third-order valence-electron chi connectivity index (χ3n) is 6.74. The number of aryl methyl sites for hydroxylation is 2. The Bertz CT molecular complexity index is 1060. The fourth-order valence-electron chi connectivity index (χ4n) is 5.01. The molecule has 1 heteroatoms. The van der Waals surface area contributed by atoms with Crippen molar-refractivity contribution in [1.29, 1.82) is 0 Å². The second-order valence-corrected chi connectivity index (χ2v) is 10.8. The summed E-state index contributed by atoms with van der Waals surface area (Å²) in [7, 11) is 2.20. The van der Waals surface area contributed by atoms with Gasteiger partial charge in [0.05, 0.1) is 10.9 Å². The Labute approximate surface area is 184 Å². The van der Waals surface area contributed by atoms with Crippen molar-refractivity contribution in [2.45, 2.75) is 73.6 Å². The third-order valence-corrected chi connectivity index (χ3v) is 6.74. The van der Waals surface area contributed by atoms with Gasteiger partial charge in [0.25, 0.3) is 0 Å². The molecule has 3 rings (SSSR count). The molecule has 2 aromatic carbocycles. The standard InChI is InChI=1S/C29H40N/c1-18(2)27(19(3)4)22-12-14-25-23(16-22)15-21(6)30(10)28(25)26-17-24(29(7,8)9)13-11-20(26)5/h11-19,27H,1-10H3/q+1. The first-order chi connectivity index (χ1) is 13.9. The lowest BCUT2D eigenvalue weighted by atomic mass is 9.79. The van der Waals surface area contributed by atoms with E-state index in [2.05, 4.69) is 116 Å². The Morgan fingerprint density at radius 3 is 2.00 bits per heavy atom. The first kappa shape index (κ1) is 22.5. The highest BCUT2D eigenvalue weighted by atomic mass is 14.9. The number of hydrogen-bond acceptors (Lipinski definition) is 0. The van der Waals surface area contributed by atoms with Gasteiger partial charge in [-0.15, -0.1) is 0 Å². The number of hydrogen-bond donors (Lipinski definition) is 0. The summed E-state index contributed by atoms with van der Waals surface area (Å²) in [6.07, 6.45) is 0. The predicted molar refractivity (Wildman–Crippen MR) is 131 cm³/mol. The van der Waals surface area contributed by atoms with Gasteiger partial charge in [-0.1, -0.05) is 72.7 Å². The number of benzene rings is 2. The summed E-state index contributed by atoms with van der Waals surface area (Å²) >= 11 is 0. The van der Waals surface area contributed by atoms with Crippen LogP contribution in [0.15, 0.2) is 42.5 Å². The molecule has 0 unspecified atom stereocenters. The second kappa shape index (κ2) is 8.17. The highest BCUT2D eigenvalue weighted by Crippen LogP contribution is 2.37. The average molecular weight is 403 g/mol. The minimum atomic E-state index is 0.134. The Kier molecular flexibility index (Phi) is 6.14. The highest BCUT2D eigenvalue weighted by molar-refractivity contribution is 5.94. The molecule has 1 nitrogen and oxygen atoms in total. The van der Waals surface area contributed by atoms with Gasteiger partial charge in [-0.05, 0) is 64.3 Å². The van der Waals surface area contributed by atoms with Crippen LogP contribution < -0.4 is 4.57 Å². The van der Waals surface area contributed by atoms with E-state index in [0.29, 0.717) is 17.8 Å². The van der Waals surface area contributed by atoms with E-state index in [9.17, 15) is 0 Å². The second-order valence-electron chi connectivity index (χ2n) is 10.8. The largest absolute Gasteiger partial charge is 0.220 e. The van der Waals surface area contributed by atoms with Crippen LogP contribution in [-0.2, 0) is 12.5 Å². The molecular formula is C29H40N+. The van der Waals surface area contributed by atoms with Crippen molar-refractivity contribution in [2.24, 2.45) is 18.9 Å². The number of pyridine rings is 1. The molecule has 0 atom stereocenters. The zero-order valence-electron chi connectivity index (χ0n) is 20.7. The number of fused-ring (bicyclic) bond motifs is 1. The van der Waals surface area contributed by atoms with Crippen molar-refractivity contribution in [3.8, 4) is 11.3 Å². The molecule has 0 aliphatic heterocycles. The fourth-order valence-corrected chi connectivity index (χ4v) is 5.01. The maximum absolute atomic E-state index is 2.44. The van der Waals surface area contributed by atoms with Crippen molar-refractivity contribution in [2.75, 3.05) is 0 Å². The van der Waals surface area contributed by atoms with Crippen molar-refractivity contribution in [3.05, 3.63) is 64.8 Å². The van der Waals surface area contributed by atoms with Gasteiger partial charge >= 0.3 is 0 Å². The molecule has 1 aromatic heterocycles. The van der Waals surface area contributed by atoms with Crippen LogP contribution in [0, 0.1) is 25.7 Å². The number of rotatable bonds is 4. The quantitative estimate of drug-likeness (QED) is 0.395. The molecule has 0 amide bonds. The Morgan fingerprint density at radius 1 is 0.800 bits per heavy atom. The molecule has 0 saturated heterocycles. The Morgan fingerprint density at radius 2 is 1.43 bits per heavy atom. The lowest BCUT2D eigenvalue weighted by Gasteiger charge is -2.26. The average Bonchev–Trinajstić information content (AvgIpc) is 2.62. The molecule has 0 saturated carbocycles. The van der Waals surface area contributed by atoms with Crippen LogP contribution in [-0.4, -0.2) is 0 Å². The van der Waals surface area contributed by atoms with Crippen LogP contribution >= 0.6 is 0 Å². The first-order valence-corrected chi connectivity index (χ1v) is 11.5. The van der Waals surface area contributed by atoms with E-state index in [1.165, 1.54) is 44.4 Å². The van der Waals surface area contributed by atoms with E-state index in [1.54, 1.807) is 0 Å². The summed E-state index contributed by atoms with van der Waals surface area (Å²) in [4.78, 5) is 0. The van der Waals surface area contributed by atoms with Crippen molar-refractivity contribution in [1.82, 2.24) is 0 Å². The monoisotopic (exact) mass is 402 g/mol. The van der Waals surface area contributed by atoms with Crippen LogP contribution in [0.4, 0.5) is 0 Å². The SMILES string of the molecule is Cc1ccc(C(C)(C)C)cc1-c1c2ccc(C(C(C)C)C(C)C)cc2cc(C)[n+]1C. The zero-order chi connectivity index (χ0) is 22.4. The van der Waals surface area contributed by atoms with Gasteiger partial charge in [-0.25, -0.2) is 0 Å². The Balaban J connectivity index is 2.30. The predicted octanol–water partition coefficient (Wildman–Crippen LogP) is 7.64. The van der Waals surface area contributed by atoms with Gasteiger partial charge in [0.1, 0.15) is 7.05 Å². The molecule has 160 valence electrons. The summed E-state index contributed by atoms with van der Waals surface area (Å²) in [5.74, 6) is 1.85. The summed E-state index contributed by atoms with van der Waals surface area (Å²) < 4.78 is 2.36. The van der Waals surface area contributed by atoms with Crippen molar-refractivity contribution >= 4 is 10.8 Å². The minimum Gasteiger partial charge on any atom is -0.198 e. The molecule has 0 bridgehead atoms. The van der Waals surface area contributed by atoms with Crippen molar-refractivity contribution < 1.29 is 4.57 Å². The lowest BCUT2D eigenvalue weighted by molar-refractivity contribution is -0.665. The van der Waals surface area contributed by atoms with Crippen LogP contribution in [0.1, 0.15) is 76.8 Å². The van der Waals surface area contributed by atoms with Crippen LogP contribution in [0.25, 0.3) is 22.0 Å². The summed E-state index contributed by atoms with van der Waals surface area (Å²) in [6, 6.07) is 16.5. The summed E-state index contributed by atoms with van der Waals surface area (Å²) in [6.45, 7) is 20.7. The lowest BCUT2D eigenvalue weighted by Crippen LogP contribution is -2.35. The summed E-state index contributed by atoms with van der Waals surface area (Å²) in [5.41, 5.74) is 8.27. The molecule has 0 aliphatic carbocycles. The smallest absolute Gasteiger partial charge is 0.198 e. The van der Waals surface area contributed by atoms with Crippen LogP contribution in [0.5, 0.6) is 0 Å². The van der Waals surface area contributed by atoms with Gasteiger partial charge < -0.3 is 0 Å². The van der Waals surface area contributed by atoms with Gasteiger partial charge in [-0.3, -0.25) is 0 Å². The third kappa shape index (κ3) is 4.17. The van der Waals surface area contributed by atoms with E-state index < -0.39 is 0 Å². The normalized spacial score (nSPS) is 12.6. The molecule has 3 aromatic rings. The van der Waals surface area contributed by atoms with Crippen LogP contribution in [0.2, 0.25) is 0 Å². The Hall–Kier alpha value is -2.15. The van der Waals surface area contributed by atoms with Gasteiger partial charge in [-0.2, -0.15) is 4.57 Å². The molecule has 1 heterocycles. The van der Waals surface area contributed by atoms with Crippen LogP contribution in [0.3, 0.4) is 0 Å². The molecule has 0 spiro atoms. The van der Waals surface area contributed by atoms with E-state index >= 15 is 0 Å². The van der Waals surface area contributed by atoms with Gasteiger partial charge in [0.15, 0.2) is 5.69 Å². The summed E-state index contributed by atoms with van der Waals surface area (Å²) in [5, 5.41) is 2.69. The minimum absolute atomic E-state index is 0.134. The van der Waals surface area contributed by atoms with E-state index in [-0.39, 0.29) is 5.41 Å². The van der Waals surface area contributed by atoms with Crippen molar-refractivity contribution in [3.63, 3.8) is 0 Å². The van der Waals surface area contributed by atoms with E-state index in [0.717, 1.165) is 0 Å². The molecular weight excluding hydrogens is 362 g/mol. The number of aromatic nitrogens is 1. The molecule has 30 heavy (non-hydrogen) atoms. The first-order valence-electron chi connectivity index (χ1n) is 11.5. The van der Waals surface area contributed by atoms with Gasteiger partial charge in [0.2, 0.25) is 5.69 Å². The zero-order valence-corrected chi connectivity index (χ0v) is 20.7. The van der Waals surface area contributed by atoms with E-state index in [4.69, 9.17) is 0 Å². The maximum Gasteiger partial charge on any atom is 0.220 e. The fraction of sp³-hybridized carbons (Fsp3) is 0.483. The maximum atomic E-state index is 2.44. The highest BCUT2D eigenvalue weighted by Gasteiger charge is 2.25. The number of nitrogens with zero attached hydrogens (tertiary/aromatic N) is 1.